The summed E-state index contributed by atoms with van der Waals surface area (Å²) in [5.74, 6) is 0.953. The first-order valence-corrected chi connectivity index (χ1v) is 7.13. The summed E-state index contributed by atoms with van der Waals surface area (Å²) in [6, 6.07) is 10.4. The van der Waals surface area contributed by atoms with Crippen LogP contribution in [0.4, 0.5) is 5.69 Å². The van der Waals surface area contributed by atoms with E-state index in [2.05, 4.69) is 46.1 Å². The minimum Gasteiger partial charge on any atom is -0.467 e. The molecule has 1 unspecified atom stereocenters. The van der Waals surface area contributed by atoms with Crippen LogP contribution in [0.15, 0.2) is 45.5 Å². The topological polar surface area (TPSA) is 42.4 Å². The van der Waals surface area contributed by atoms with Gasteiger partial charge < -0.3 is 15.1 Å². The zero-order valence-corrected chi connectivity index (χ0v) is 12.9. The normalized spacial score (nSPS) is 12.4. The quantitative estimate of drug-likeness (QED) is 0.915. The molecule has 1 aromatic carbocycles. The van der Waals surface area contributed by atoms with Gasteiger partial charge in [-0.25, -0.2) is 0 Å². The molecular formula is C15H19BrN2O. The summed E-state index contributed by atoms with van der Waals surface area (Å²) in [4.78, 5) is 2.18. The average Bonchev–Trinajstić information content (AvgIpc) is 2.83. The van der Waals surface area contributed by atoms with E-state index in [0.29, 0.717) is 0 Å². The number of nitrogens with two attached hydrogens (primary N) is 1. The molecule has 19 heavy (non-hydrogen) atoms. The molecule has 2 N–H and O–H groups in total. The Morgan fingerprint density at radius 3 is 2.79 bits per heavy atom. The van der Waals surface area contributed by atoms with E-state index in [-0.39, 0.29) is 6.04 Å². The Hall–Kier alpha value is -1.26. The van der Waals surface area contributed by atoms with Crippen LogP contribution in [0, 0.1) is 0 Å². The maximum absolute atomic E-state index is 5.92. The van der Waals surface area contributed by atoms with Gasteiger partial charge in [-0.3, -0.25) is 0 Å². The van der Waals surface area contributed by atoms with Crippen molar-refractivity contribution in [2.75, 3.05) is 11.9 Å². The highest BCUT2D eigenvalue weighted by Crippen LogP contribution is 2.26. The maximum Gasteiger partial charge on any atom is 0.123 e. The standard InChI is InChI=1S/C15H19BrN2O/c1-11(17)8-12-5-6-13(16)9-15(12)18(2)10-14-4-3-7-19-14/h3-7,9,11H,8,10,17H2,1-2H3. The van der Waals surface area contributed by atoms with Gasteiger partial charge in [-0.05, 0) is 43.2 Å². The largest absolute Gasteiger partial charge is 0.467 e. The van der Waals surface area contributed by atoms with Gasteiger partial charge in [0, 0.05) is 23.2 Å². The van der Waals surface area contributed by atoms with E-state index in [1.807, 2.05) is 19.1 Å². The fourth-order valence-electron chi connectivity index (χ4n) is 2.13. The minimum absolute atomic E-state index is 0.150. The zero-order chi connectivity index (χ0) is 13.8. The number of halogens is 1. The second-order valence-electron chi connectivity index (χ2n) is 4.89. The smallest absolute Gasteiger partial charge is 0.123 e. The van der Waals surface area contributed by atoms with Gasteiger partial charge >= 0.3 is 0 Å². The van der Waals surface area contributed by atoms with Gasteiger partial charge in [0.05, 0.1) is 12.8 Å². The summed E-state index contributed by atoms with van der Waals surface area (Å²) in [7, 11) is 2.06. The van der Waals surface area contributed by atoms with Crippen LogP contribution in [-0.2, 0) is 13.0 Å². The first kappa shape index (κ1) is 14.2. The highest BCUT2D eigenvalue weighted by Gasteiger charge is 2.11. The first-order chi connectivity index (χ1) is 9.06. The van der Waals surface area contributed by atoms with Gasteiger partial charge in [-0.15, -0.1) is 0 Å². The molecule has 0 aliphatic carbocycles. The highest BCUT2D eigenvalue weighted by atomic mass is 79.9. The lowest BCUT2D eigenvalue weighted by Crippen LogP contribution is -2.22. The number of rotatable bonds is 5. The van der Waals surface area contributed by atoms with Gasteiger partial charge in [0.15, 0.2) is 0 Å². The SMILES string of the molecule is CC(N)Cc1ccc(Br)cc1N(C)Cc1ccco1. The average molecular weight is 323 g/mol. The maximum atomic E-state index is 5.92. The highest BCUT2D eigenvalue weighted by molar-refractivity contribution is 9.10. The molecule has 1 atom stereocenters. The fraction of sp³-hybridized carbons (Fsp3) is 0.333. The van der Waals surface area contributed by atoms with Crippen molar-refractivity contribution in [3.63, 3.8) is 0 Å². The Morgan fingerprint density at radius 2 is 2.16 bits per heavy atom. The van der Waals surface area contributed by atoms with Crippen molar-refractivity contribution in [1.82, 2.24) is 0 Å². The number of benzene rings is 1. The van der Waals surface area contributed by atoms with Gasteiger partial charge in [-0.2, -0.15) is 0 Å². The second kappa shape index (κ2) is 6.26. The number of anilines is 1. The van der Waals surface area contributed by atoms with Crippen molar-refractivity contribution < 1.29 is 4.42 Å². The van der Waals surface area contributed by atoms with Crippen molar-refractivity contribution in [2.45, 2.75) is 25.9 Å². The van der Waals surface area contributed by atoms with Gasteiger partial charge in [0.2, 0.25) is 0 Å². The third kappa shape index (κ3) is 3.85. The van der Waals surface area contributed by atoms with E-state index in [4.69, 9.17) is 10.2 Å². The van der Waals surface area contributed by atoms with Crippen molar-refractivity contribution in [1.29, 1.82) is 0 Å². The molecule has 1 aromatic heterocycles. The molecule has 0 fully saturated rings. The van der Waals surface area contributed by atoms with Gasteiger partial charge in [-0.1, -0.05) is 22.0 Å². The lowest BCUT2D eigenvalue weighted by atomic mass is 10.0. The van der Waals surface area contributed by atoms with E-state index < -0.39 is 0 Å². The Morgan fingerprint density at radius 1 is 1.37 bits per heavy atom. The van der Waals surface area contributed by atoms with Crippen LogP contribution in [-0.4, -0.2) is 13.1 Å². The lowest BCUT2D eigenvalue weighted by molar-refractivity contribution is 0.507. The Bertz CT molecular complexity index is 523. The predicted molar refractivity (Wildman–Crippen MR) is 82.3 cm³/mol. The molecule has 102 valence electrons. The Kier molecular flexibility index (Phi) is 4.66. The molecule has 0 saturated heterocycles. The summed E-state index contributed by atoms with van der Waals surface area (Å²) in [5, 5.41) is 0. The van der Waals surface area contributed by atoms with Gasteiger partial charge in [0.1, 0.15) is 5.76 Å². The van der Waals surface area contributed by atoms with E-state index in [0.717, 1.165) is 23.2 Å². The van der Waals surface area contributed by atoms with Gasteiger partial charge in [0.25, 0.3) is 0 Å². The van der Waals surface area contributed by atoms with Crippen molar-refractivity contribution >= 4 is 21.6 Å². The Balaban J connectivity index is 2.23. The molecule has 0 saturated carbocycles. The molecule has 1 heterocycles. The van der Waals surface area contributed by atoms with E-state index in [9.17, 15) is 0 Å². The molecule has 4 heteroatoms. The van der Waals surface area contributed by atoms with Crippen LogP contribution in [0.25, 0.3) is 0 Å². The monoisotopic (exact) mass is 322 g/mol. The van der Waals surface area contributed by atoms with Crippen LogP contribution in [0.5, 0.6) is 0 Å². The molecule has 0 aliphatic rings. The minimum atomic E-state index is 0.150. The number of hydrogen-bond donors (Lipinski definition) is 1. The molecule has 0 bridgehead atoms. The van der Waals surface area contributed by atoms with E-state index in [1.165, 1.54) is 11.3 Å². The summed E-state index contributed by atoms with van der Waals surface area (Å²) in [5.41, 5.74) is 8.36. The second-order valence-corrected chi connectivity index (χ2v) is 5.81. The van der Waals surface area contributed by atoms with Crippen LogP contribution >= 0.6 is 15.9 Å². The predicted octanol–water partition coefficient (Wildman–Crippen LogP) is 3.57. The van der Waals surface area contributed by atoms with Crippen LogP contribution in [0.1, 0.15) is 18.2 Å². The molecule has 2 rings (SSSR count). The summed E-state index contributed by atoms with van der Waals surface area (Å²) in [6.07, 6.45) is 2.57. The van der Waals surface area contributed by atoms with E-state index >= 15 is 0 Å². The molecule has 0 amide bonds. The molecule has 0 radical (unpaired) electrons. The van der Waals surface area contributed by atoms with Crippen molar-refractivity contribution in [3.8, 4) is 0 Å². The molecular weight excluding hydrogens is 304 g/mol. The number of hydrogen-bond acceptors (Lipinski definition) is 3. The van der Waals surface area contributed by atoms with Crippen LogP contribution in [0.2, 0.25) is 0 Å². The summed E-state index contributed by atoms with van der Waals surface area (Å²) < 4.78 is 6.47. The summed E-state index contributed by atoms with van der Waals surface area (Å²) in [6.45, 7) is 2.77. The number of furan rings is 1. The molecule has 2 aromatic rings. The third-order valence-electron chi connectivity index (χ3n) is 2.97. The van der Waals surface area contributed by atoms with Crippen LogP contribution < -0.4 is 10.6 Å². The molecule has 0 spiro atoms. The molecule has 3 nitrogen and oxygen atoms in total. The summed E-state index contributed by atoms with van der Waals surface area (Å²) >= 11 is 3.53. The van der Waals surface area contributed by atoms with E-state index in [1.54, 1.807) is 6.26 Å². The molecule has 0 aliphatic heterocycles. The zero-order valence-electron chi connectivity index (χ0n) is 11.3. The fourth-order valence-corrected chi connectivity index (χ4v) is 2.48. The first-order valence-electron chi connectivity index (χ1n) is 6.34. The third-order valence-corrected chi connectivity index (χ3v) is 3.47. The van der Waals surface area contributed by atoms with Crippen LogP contribution in [0.3, 0.4) is 0 Å². The lowest BCUT2D eigenvalue weighted by Gasteiger charge is -2.22. The van der Waals surface area contributed by atoms with Crippen molar-refractivity contribution in [2.24, 2.45) is 5.73 Å². The Labute approximate surface area is 122 Å². The number of nitrogens with zero attached hydrogens (tertiary/aromatic N) is 1. The van der Waals surface area contributed by atoms with Crippen molar-refractivity contribution in [3.05, 3.63) is 52.4 Å².